The molecular formula is C15H26N2O. The first-order valence-corrected chi connectivity index (χ1v) is 6.71. The highest BCUT2D eigenvalue weighted by molar-refractivity contribution is 5.29. The van der Waals surface area contributed by atoms with Crippen LogP contribution in [0.25, 0.3) is 0 Å². The van der Waals surface area contributed by atoms with Crippen LogP contribution in [0.1, 0.15) is 31.4 Å². The minimum absolute atomic E-state index is 0.493. The van der Waals surface area contributed by atoms with Gasteiger partial charge in [-0.2, -0.15) is 0 Å². The Morgan fingerprint density at radius 2 is 1.94 bits per heavy atom. The number of rotatable bonds is 8. The van der Waals surface area contributed by atoms with Gasteiger partial charge in [-0.25, -0.2) is 0 Å². The fourth-order valence-corrected chi connectivity index (χ4v) is 2.29. The topological polar surface area (TPSA) is 24.5 Å². The van der Waals surface area contributed by atoms with Gasteiger partial charge in [-0.3, -0.25) is 4.90 Å². The molecule has 1 atom stereocenters. The molecule has 3 nitrogen and oxygen atoms in total. The van der Waals surface area contributed by atoms with Crippen molar-refractivity contribution in [2.45, 2.75) is 25.8 Å². The highest BCUT2D eigenvalue weighted by Gasteiger charge is 2.14. The van der Waals surface area contributed by atoms with Gasteiger partial charge in [-0.1, -0.05) is 19.1 Å². The third-order valence-electron chi connectivity index (χ3n) is 3.36. The first-order valence-electron chi connectivity index (χ1n) is 6.71. The van der Waals surface area contributed by atoms with Gasteiger partial charge in [0.05, 0.1) is 7.11 Å². The lowest BCUT2D eigenvalue weighted by molar-refractivity contribution is 0.235. The first kappa shape index (κ1) is 15.0. The summed E-state index contributed by atoms with van der Waals surface area (Å²) in [7, 11) is 5.91. The number of nitrogens with one attached hydrogen (secondary N) is 1. The maximum absolute atomic E-state index is 5.20. The van der Waals surface area contributed by atoms with Crippen LogP contribution in [-0.2, 0) is 0 Å². The summed E-state index contributed by atoms with van der Waals surface area (Å²) in [5.74, 6) is 0.923. The van der Waals surface area contributed by atoms with Crippen molar-refractivity contribution in [3.05, 3.63) is 29.8 Å². The Bertz CT molecular complexity index is 324. The molecule has 102 valence electrons. The Balaban J connectivity index is 2.62. The molecular weight excluding hydrogens is 224 g/mol. The zero-order chi connectivity index (χ0) is 13.4. The predicted octanol–water partition coefficient (Wildman–Crippen LogP) is 2.69. The molecule has 0 heterocycles. The number of benzene rings is 1. The lowest BCUT2D eigenvalue weighted by Crippen LogP contribution is -2.27. The largest absolute Gasteiger partial charge is 0.497 e. The third-order valence-corrected chi connectivity index (χ3v) is 3.36. The van der Waals surface area contributed by atoms with Crippen LogP contribution in [0.5, 0.6) is 5.75 Å². The van der Waals surface area contributed by atoms with Gasteiger partial charge in [0.25, 0.3) is 0 Å². The molecule has 0 aliphatic carbocycles. The van der Waals surface area contributed by atoms with Crippen molar-refractivity contribution in [1.29, 1.82) is 0 Å². The molecule has 0 saturated carbocycles. The average Bonchev–Trinajstić information content (AvgIpc) is 2.41. The average molecular weight is 250 g/mol. The van der Waals surface area contributed by atoms with Crippen LogP contribution in [0.4, 0.5) is 0 Å². The van der Waals surface area contributed by atoms with Crippen molar-refractivity contribution in [1.82, 2.24) is 10.2 Å². The van der Waals surface area contributed by atoms with Crippen molar-refractivity contribution in [3.8, 4) is 5.75 Å². The molecule has 0 aliphatic rings. The Kier molecular flexibility index (Phi) is 6.76. The predicted molar refractivity (Wildman–Crippen MR) is 77.2 cm³/mol. The molecule has 0 amide bonds. The molecule has 0 aromatic heterocycles. The maximum atomic E-state index is 5.20. The van der Waals surface area contributed by atoms with E-state index in [0.29, 0.717) is 6.04 Å². The van der Waals surface area contributed by atoms with Crippen LogP contribution in [0.3, 0.4) is 0 Å². The van der Waals surface area contributed by atoms with Crippen LogP contribution in [0.2, 0.25) is 0 Å². The monoisotopic (exact) mass is 250 g/mol. The van der Waals surface area contributed by atoms with Gasteiger partial charge in [0.1, 0.15) is 5.75 Å². The normalized spacial score (nSPS) is 12.7. The van der Waals surface area contributed by atoms with Crippen LogP contribution < -0.4 is 10.1 Å². The Morgan fingerprint density at radius 1 is 1.28 bits per heavy atom. The Labute approximate surface area is 111 Å². The van der Waals surface area contributed by atoms with Gasteiger partial charge in [0, 0.05) is 6.04 Å². The lowest BCUT2D eigenvalue weighted by atomic mass is 10.0. The van der Waals surface area contributed by atoms with E-state index < -0.39 is 0 Å². The summed E-state index contributed by atoms with van der Waals surface area (Å²) >= 11 is 0. The third kappa shape index (κ3) is 4.31. The second kappa shape index (κ2) is 8.11. The molecule has 0 radical (unpaired) electrons. The van der Waals surface area contributed by atoms with Crippen molar-refractivity contribution >= 4 is 0 Å². The summed E-state index contributed by atoms with van der Waals surface area (Å²) in [6.45, 7) is 4.43. The molecule has 0 spiro atoms. The number of hydrogen-bond donors (Lipinski definition) is 1. The molecule has 0 aliphatic heterocycles. The van der Waals surface area contributed by atoms with Gasteiger partial charge in [0.2, 0.25) is 0 Å². The van der Waals surface area contributed by atoms with Crippen LogP contribution in [0.15, 0.2) is 24.3 Å². The van der Waals surface area contributed by atoms with Crippen molar-refractivity contribution in [2.24, 2.45) is 0 Å². The SMILES string of the molecule is CCC(c1ccc(OC)cc1)N(C)CCCNC. The second-order valence-corrected chi connectivity index (χ2v) is 4.63. The van der Waals surface area contributed by atoms with E-state index in [0.717, 1.165) is 25.3 Å². The minimum atomic E-state index is 0.493. The molecule has 18 heavy (non-hydrogen) atoms. The summed E-state index contributed by atoms with van der Waals surface area (Å²) in [6, 6.07) is 8.91. The van der Waals surface area contributed by atoms with Crippen molar-refractivity contribution in [3.63, 3.8) is 0 Å². The summed E-state index contributed by atoms with van der Waals surface area (Å²) in [5, 5.41) is 3.19. The van der Waals surface area contributed by atoms with Crippen LogP contribution in [-0.4, -0.2) is 39.2 Å². The molecule has 1 aromatic carbocycles. The van der Waals surface area contributed by atoms with Crippen molar-refractivity contribution in [2.75, 3.05) is 34.3 Å². The van der Waals surface area contributed by atoms with Crippen LogP contribution >= 0.6 is 0 Å². The van der Waals surface area contributed by atoms with Gasteiger partial charge in [-0.05, 0) is 57.7 Å². The first-order chi connectivity index (χ1) is 8.72. The maximum Gasteiger partial charge on any atom is 0.118 e. The molecule has 1 rings (SSSR count). The fourth-order valence-electron chi connectivity index (χ4n) is 2.29. The molecule has 1 N–H and O–H groups in total. The van der Waals surface area contributed by atoms with E-state index in [1.54, 1.807) is 7.11 Å². The van der Waals surface area contributed by atoms with E-state index in [1.807, 2.05) is 19.2 Å². The van der Waals surface area contributed by atoms with Crippen LogP contribution in [0, 0.1) is 0 Å². The lowest BCUT2D eigenvalue weighted by Gasteiger charge is -2.27. The highest BCUT2D eigenvalue weighted by atomic mass is 16.5. The zero-order valence-corrected chi connectivity index (χ0v) is 12.1. The molecule has 0 fully saturated rings. The number of ether oxygens (including phenoxy) is 1. The molecule has 1 aromatic rings. The standard InChI is InChI=1S/C15H26N2O/c1-5-15(17(3)12-6-11-16-2)13-7-9-14(18-4)10-8-13/h7-10,15-16H,5-6,11-12H2,1-4H3. The highest BCUT2D eigenvalue weighted by Crippen LogP contribution is 2.24. The summed E-state index contributed by atoms with van der Waals surface area (Å²) in [5.41, 5.74) is 1.37. The fraction of sp³-hybridized carbons (Fsp3) is 0.600. The summed E-state index contributed by atoms with van der Waals surface area (Å²) < 4.78 is 5.20. The molecule has 3 heteroatoms. The Morgan fingerprint density at radius 3 is 2.44 bits per heavy atom. The van der Waals surface area contributed by atoms with Gasteiger partial charge in [-0.15, -0.1) is 0 Å². The van der Waals surface area contributed by atoms with E-state index in [2.05, 4.69) is 36.3 Å². The van der Waals surface area contributed by atoms with Crippen molar-refractivity contribution < 1.29 is 4.74 Å². The molecule has 1 unspecified atom stereocenters. The quantitative estimate of drug-likeness (QED) is 0.718. The zero-order valence-electron chi connectivity index (χ0n) is 12.1. The van der Waals surface area contributed by atoms with Gasteiger partial charge in [0.15, 0.2) is 0 Å². The van der Waals surface area contributed by atoms with E-state index in [4.69, 9.17) is 4.74 Å². The van der Waals surface area contributed by atoms with E-state index in [9.17, 15) is 0 Å². The van der Waals surface area contributed by atoms with E-state index in [1.165, 1.54) is 12.0 Å². The smallest absolute Gasteiger partial charge is 0.118 e. The summed E-state index contributed by atoms with van der Waals surface area (Å²) in [6.07, 6.45) is 2.31. The minimum Gasteiger partial charge on any atom is -0.497 e. The van der Waals surface area contributed by atoms with E-state index >= 15 is 0 Å². The van der Waals surface area contributed by atoms with E-state index in [-0.39, 0.29) is 0 Å². The number of hydrogen-bond acceptors (Lipinski definition) is 3. The number of methoxy groups -OCH3 is 1. The number of nitrogens with zero attached hydrogens (tertiary/aromatic N) is 1. The van der Waals surface area contributed by atoms with Gasteiger partial charge < -0.3 is 10.1 Å². The summed E-state index contributed by atoms with van der Waals surface area (Å²) in [4.78, 5) is 2.43. The van der Waals surface area contributed by atoms with Gasteiger partial charge >= 0.3 is 0 Å². The Hall–Kier alpha value is -1.06. The molecule has 0 saturated heterocycles. The molecule has 0 bridgehead atoms. The second-order valence-electron chi connectivity index (χ2n) is 4.63.